The van der Waals surface area contributed by atoms with Crippen LogP contribution in [0.2, 0.25) is 0 Å². The first-order valence-corrected chi connectivity index (χ1v) is 10.9. The molecule has 1 fully saturated rings. The number of likely N-dealkylation sites (tertiary alicyclic amines) is 1. The molecule has 2 aliphatic heterocycles. The number of methoxy groups -OCH3 is 2. The lowest BCUT2D eigenvalue weighted by molar-refractivity contribution is -0.152. The SMILES string of the molecule is COc1ccc(CN2C(=O)Cc3c(C)nc([C@@H]4CCCN4C(=O)C(C)(C)OC)nc32)cc1. The fraction of sp³-hybridized carbons (Fsp3) is 0.500. The maximum Gasteiger partial charge on any atom is 0.254 e. The number of aromatic nitrogens is 2. The third kappa shape index (κ3) is 3.95. The summed E-state index contributed by atoms with van der Waals surface area (Å²) < 4.78 is 10.6. The Labute approximate surface area is 188 Å². The van der Waals surface area contributed by atoms with Gasteiger partial charge in [-0.1, -0.05) is 12.1 Å². The van der Waals surface area contributed by atoms with Crippen LogP contribution in [0.15, 0.2) is 24.3 Å². The molecular formula is C24H30N4O4. The van der Waals surface area contributed by atoms with E-state index in [0.29, 0.717) is 31.2 Å². The first-order chi connectivity index (χ1) is 15.2. The van der Waals surface area contributed by atoms with Crippen molar-refractivity contribution in [2.24, 2.45) is 0 Å². The van der Waals surface area contributed by atoms with Crippen molar-refractivity contribution in [2.75, 3.05) is 25.7 Å². The second-order valence-electron chi connectivity index (χ2n) is 8.85. The minimum atomic E-state index is -0.912. The third-order valence-corrected chi connectivity index (χ3v) is 6.43. The van der Waals surface area contributed by atoms with Gasteiger partial charge < -0.3 is 14.4 Å². The molecule has 3 heterocycles. The lowest BCUT2D eigenvalue weighted by Gasteiger charge is -2.32. The Hall–Kier alpha value is -3.00. The lowest BCUT2D eigenvalue weighted by Crippen LogP contribution is -2.46. The van der Waals surface area contributed by atoms with Gasteiger partial charge in [-0.15, -0.1) is 0 Å². The molecule has 0 spiro atoms. The number of aryl methyl sites for hydroxylation is 1. The van der Waals surface area contributed by atoms with Crippen molar-refractivity contribution in [3.63, 3.8) is 0 Å². The molecule has 1 atom stereocenters. The van der Waals surface area contributed by atoms with Gasteiger partial charge in [0.05, 0.1) is 26.1 Å². The fourth-order valence-corrected chi connectivity index (χ4v) is 4.33. The Bertz CT molecular complexity index is 1040. The predicted molar refractivity (Wildman–Crippen MR) is 119 cm³/mol. The van der Waals surface area contributed by atoms with Gasteiger partial charge >= 0.3 is 0 Å². The van der Waals surface area contributed by atoms with E-state index < -0.39 is 5.60 Å². The second kappa shape index (κ2) is 8.50. The van der Waals surface area contributed by atoms with Crippen LogP contribution in [0.3, 0.4) is 0 Å². The highest BCUT2D eigenvalue weighted by Crippen LogP contribution is 2.36. The van der Waals surface area contributed by atoms with Crippen LogP contribution in [0.4, 0.5) is 5.82 Å². The Balaban J connectivity index is 1.65. The molecule has 1 aromatic carbocycles. The third-order valence-electron chi connectivity index (χ3n) is 6.43. The van der Waals surface area contributed by atoms with Crippen molar-refractivity contribution in [2.45, 2.75) is 58.2 Å². The molecule has 4 rings (SSSR count). The standard InChI is InChI=1S/C24H30N4O4/c1-15-18-13-20(29)28(14-16-8-10-17(31-4)11-9-16)22(18)26-21(25-15)19-7-6-12-27(19)23(30)24(2,3)32-5/h8-11,19H,6-7,12-14H2,1-5H3/t19-/m0/s1. The van der Waals surface area contributed by atoms with Gasteiger partial charge in [0.15, 0.2) is 5.82 Å². The van der Waals surface area contributed by atoms with Crippen molar-refractivity contribution >= 4 is 17.6 Å². The number of carbonyl (C=O) groups excluding carboxylic acids is 2. The van der Waals surface area contributed by atoms with E-state index in [0.717, 1.165) is 35.4 Å². The lowest BCUT2D eigenvalue weighted by atomic mass is 10.1. The van der Waals surface area contributed by atoms with Gasteiger partial charge in [0.25, 0.3) is 5.91 Å². The molecule has 1 aromatic heterocycles. The number of hydrogen-bond acceptors (Lipinski definition) is 6. The average molecular weight is 439 g/mol. The Kier molecular flexibility index (Phi) is 5.90. The van der Waals surface area contributed by atoms with Gasteiger partial charge in [-0.3, -0.25) is 14.5 Å². The highest BCUT2D eigenvalue weighted by molar-refractivity contribution is 6.00. The van der Waals surface area contributed by atoms with Crippen LogP contribution in [0, 0.1) is 6.92 Å². The zero-order chi connectivity index (χ0) is 23.0. The fourth-order valence-electron chi connectivity index (χ4n) is 4.33. The molecule has 8 heteroatoms. The van der Waals surface area contributed by atoms with Crippen molar-refractivity contribution in [1.29, 1.82) is 0 Å². The summed E-state index contributed by atoms with van der Waals surface area (Å²) in [4.78, 5) is 39.0. The number of amides is 2. The van der Waals surface area contributed by atoms with E-state index in [4.69, 9.17) is 19.4 Å². The predicted octanol–water partition coefficient (Wildman–Crippen LogP) is 2.97. The van der Waals surface area contributed by atoms with E-state index in [-0.39, 0.29) is 17.9 Å². The smallest absolute Gasteiger partial charge is 0.254 e. The summed E-state index contributed by atoms with van der Waals surface area (Å²) in [5.74, 6) is 1.94. The molecule has 0 N–H and O–H groups in total. The quantitative estimate of drug-likeness (QED) is 0.689. The van der Waals surface area contributed by atoms with Gasteiger partial charge in [-0.2, -0.15) is 0 Å². The largest absolute Gasteiger partial charge is 0.497 e. The van der Waals surface area contributed by atoms with E-state index in [2.05, 4.69) is 0 Å². The maximum absolute atomic E-state index is 13.1. The highest BCUT2D eigenvalue weighted by Gasteiger charge is 2.41. The highest BCUT2D eigenvalue weighted by atomic mass is 16.5. The minimum absolute atomic E-state index is 0.00485. The van der Waals surface area contributed by atoms with Gasteiger partial charge in [0.1, 0.15) is 17.2 Å². The number of benzene rings is 1. The molecule has 0 aliphatic carbocycles. The molecule has 0 radical (unpaired) electrons. The number of anilines is 1. The summed E-state index contributed by atoms with van der Waals surface area (Å²) in [6, 6.07) is 7.44. The van der Waals surface area contributed by atoms with E-state index in [9.17, 15) is 9.59 Å². The van der Waals surface area contributed by atoms with Crippen LogP contribution < -0.4 is 9.64 Å². The summed E-state index contributed by atoms with van der Waals surface area (Å²) in [6.07, 6.45) is 1.96. The molecule has 2 aliphatic rings. The van der Waals surface area contributed by atoms with Crippen molar-refractivity contribution in [1.82, 2.24) is 14.9 Å². The normalized spacial score (nSPS) is 18.3. The summed E-state index contributed by atoms with van der Waals surface area (Å²) >= 11 is 0. The van der Waals surface area contributed by atoms with Crippen LogP contribution >= 0.6 is 0 Å². The minimum Gasteiger partial charge on any atom is -0.497 e. The number of nitrogens with zero attached hydrogens (tertiary/aromatic N) is 4. The number of carbonyl (C=O) groups is 2. The summed E-state index contributed by atoms with van der Waals surface area (Å²) in [6.45, 7) is 6.53. The van der Waals surface area contributed by atoms with Crippen LogP contribution in [0.5, 0.6) is 5.75 Å². The van der Waals surface area contributed by atoms with Gasteiger partial charge in [-0.05, 0) is 51.3 Å². The first kappa shape index (κ1) is 22.2. The molecule has 1 saturated heterocycles. The molecule has 0 unspecified atom stereocenters. The molecule has 0 saturated carbocycles. The molecule has 170 valence electrons. The molecule has 2 aromatic rings. The first-order valence-electron chi connectivity index (χ1n) is 10.9. The Morgan fingerprint density at radius 1 is 1.19 bits per heavy atom. The molecule has 2 amide bonds. The number of rotatable bonds is 6. The average Bonchev–Trinajstić information content (AvgIpc) is 3.39. The van der Waals surface area contributed by atoms with Crippen LogP contribution in [0.25, 0.3) is 0 Å². The molecule has 8 nitrogen and oxygen atoms in total. The summed E-state index contributed by atoms with van der Waals surface area (Å²) in [5.41, 5.74) is 1.73. The zero-order valence-electron chi connectivity index (χ0n) is 19.3. The van der Waals surface area contributed by atoms with E-state index in [1.54, 1.807) is 33.0 Å². The summed E-state index contributed by atoms with van der Waals surface area (Å²) in [7, 11) is 3.17. The summed E-state index contributed by atoms with van der Waals surface area (Å²) in [5, 5.41) is 0. The number of ether oxygens (including phenoxy) is 2. The van der Waals surface area contributed by atoms with Crippen molar-refractivity contribution < 1.29 is 19.1 Å². The second-order valence-corrected chi connectivity index (χ2v) is 8.85. The number of hydrogen-bond donors (Lipinski definition) is 0. The van der Waals surface area contributed by atoms with Gasteiger partial charge in [0, 0.05) is 24.9 Å². The Morgan fingerprint density at radius 3 is 2.56 bits per heavy atom. The zero-order valence-corrected chi connectivity index (χ0v) is 19.3. The maximum atomic E-state index is 13.1. The van der Waals surface area contributed by atoms with Crippen molar-refractivity contribution in [3.05, 3.63) is 46.9 Å². The van der Waals surface area contributed by atoms with E-state index >= 15 is 0 Å². The van der Waals surface area contributed by atoms with E-state index in [1.807, 2.05) is 36.1 Å². The van der Waals surface area contributed by atoms with Gasteiger partial charge in [-0.25, -0.2) is 9.97 Å². The number of fused-ring (bicyclic) bond motifs is 1. The molecule has 0 bridgehead atoms. The van der Waals surface area contributed by atoms with Crippen LogP contribution in [0.1, 0.15) is 55.4 Å². The van der Waals surface area contributed by atoms with Crippen LogP contribution in [-0.2, 0) is 27.3 Å². The van der Waals surface area contributed by atoms with E-state index in [1.165, 1.54) is 0 Å². The van der Waals surface area contributed by atoms with Gasteiger partial charge in [0.2, 0.25) is 5.91 Å². The van der Waals surface area contributed by atoms with Crippen LogP contribution in [-0.4, -0.2) is 53.0 Å². The molecule has 32 heavy (non-hydrogen) atoms. The van der Waals surface area contributed by atoms with Crippen molar-refractivity contribution in [3.8, 4) is 5.75 Å². The monoisotopic (exact) mass is 438 g/mol. The topological polar surface area (TPSA) is 84.9 Å². The Morgan fingerprint density at radius 2 is 1.91 bits per heavy atom. The molecular weight excluding hydrogens is 408 g/mol.